The first-order chi connectivity index (χ1) is 10.1. The van der Waals surface area contributed by atoms with E-state index in [-0.39, 0.29) is 18.1 Å². The molecule has 0 aromatic heterocycles. The molecule has 0 bridgehead atoms. The molecule has 4 heteroatoms. The van der Waals surface area contributed by atoms with Gasteiger partial charge in [-0.2, -0.15) is 0 Å². The summed E-state index contributed by atoms with van der Waals surface area (Å²) in [6.45, 7) is 6.50. The zero-order valence-electron chi connectivity index (χ0n) is 13.1. The van der Waals surface area contributed by atoms with E-state index in [1.807, 2.05) is 30.3 Å². The quantitative estimate of drug-likeness (QED) is 0.901. The molecule has 0 saturated carbocycles. The van der Waals surface area contributed by atoms with Gasteiger partial charge in [-0.1, -0.05) is 37.3 Å². The molecular formula is C17H25N3O. The van der Waals surface area contributed by atoms with E-state index in [0.717, 1.165) is 25.1 Å². The summed E-state index contributed by atoms with van der Waals surface area (Å²) in [6.07, 6.45) is 1.18. The summed E-state index contributed by atoms with van der Waals surface area (Å²) < 4.78 is 0. The summed E-state index contributed by atoms with van der Waals surface area (Å²) in [5, 5.41) is 3.46. The average molecular weight is 287 g/mol. The van der Waals surface area contributed by atoms with Crippen molar-refractivity contribution in [2.75, 3.05) is 20.1 Å². The van der Waals surface area contributed by atoms with Gasteiger partial charge >= 0.3 is 0 Å². The Labute approximate surface area is 127 Å². The van der Waals surface area contributed by atoms with Crippen LogP contribution in [0.1, 0.15) is 31.9 Å². The van der Waals surface area contributed by atoms with Gasteiger partial charge in [0.25, 0.3) is 0 Å². The van der Waals surface area contributed by atoms with Crippen molar-refractivity contribution in [2.45, 2.75) is 38.5 Å². The summed E-state index contributed by atoms with van der Waals surface area (Å²) >= 11 is 0. The number of hydrogen-bond acceptors (Lipinski definition) is 3. The van der Waals surface area contributed by atoms with Crippen LogP contribution in [-0.4, -0.2) is 48.1 Å². The first-order valence-corrected chi connectivity index (χ1v) is 7.89. The maximum atomic E-state index is 12.9. The highest BCUT2D eigenvalue weighted by atomic mass is 16.2. The third-order valence-electron chi connectivity index (χ3n) is 4.88. The predicted molar refractivity (Wildman–Crippen MR) is 83.7 cm³/mol. The van der Waals surface area contributed by atoms with Crippen molar-refractivity contribution >= 4 is 5.91 Å². The maximum Gasteiger partial charge on any atom is 0.245 e. The topological polar surface area (TPSA) is 35.6 Å². The summed E-state index contributed by atoms with van der Waals surface area (Å²) in [5.41, 5.74) is 1.07. The van der Waals surface area contributed by atoms with Crippen molar-refractivity contribution < 1.29 is 4.79 Å². The van der Waals surface area contributed by atoms with E-state index in [1.54, 1.807) is 0 Å². The van der Waals surface area contributed by atoms with Crippen LogP contribution in [0.25, 0.3) is 0 Å². The number of carbonyl (C=O) groups excluding carboxylic acids is 1. The molecule has 1 aromatic rings. The lowest BCUT2D eigenvalue weighted by atomic mass is 9.92. The molecule has 1 amide bonds. The second-order valence-electron chi connectivity index (χ2n) is 6.53. The molecule has 3 rings (SSSR count). The largest absolute Gasteiger partial charge is 0.322 e. The first-order valence-electron chi connectivity index (χ1n) is 7.89. The Hall–Kier alpha value is -1.39. The van der Waals surface area contributed by atoms with Crippen LogP contribution in [0.5, 0.6) is 0 Å². The Morgan fingerprint density at radius 2 is 1.90 bits per heavy atom. The van der Waals surface area contributed by atoms with Crippen LogP contribution >= 0.6 is 0 Å². The van der Waals surface area contributed by atoms with Gasteiger partial charge in [0.1, 0.15) is 6.04 Å². The Balaban J connectivity index is 1.79. The minimum atomic E-state index is -0.187. The van der Waals surface area contributed by atoms with E-state index in [9.17, 15) is 4.79 Å². The molecule has 2 aliphatic heterocycles. The van der Waals surface area contributed by atoms with Gasteiger partial charge < -0.3 is 9.80 Å². The van der Waals surface area contributed by atoms with Crippen molar-refractivity contribution in [3.05, 3.63) is 35.9 Å². The Morgan fingerprint density at radius 1 is 1.19 bits per heavy atom. The fourth-order valence-electron chi connectivity index (χ4n) is 3.82. The molecule has 2 fully saturated rings. The van der Waals surface area contributed by atoms with Gasteiger partial charge in [-0.25, -0.2) is 0 Å². The second-order valence-corrected chi connectivity index (χ2v) is 6.53. The highest BCUT2D eigenvalue weighted by Gasteiger charge is 2.43. The Morgan fingerprint density at radius 3 is 2.57 bits per heavy atom. The number of amides is 1. The lowest BCUT2D eigenvalue weighted by Crippen LogP contribution is -2.52. The molecule has 4 atom stereocenters. The van der Waals surface area contributed by atoms with Gasteiger partial charge in [0.15, 0.2) is 0 Å². The molecule has 2 saturated heterocycles. The lowest BCUT2D eigenvalue weighted by Gasteiger charge is -2.41. The van der Waals surface area contributed by atoms with Crippen molar-refractivity contribution in [1.82, 2.24) is 15.1 Å². The number of likely N-dealkylation sites (tertiary alicyclic amines) is 1. The maximum absolute atomic E-state index is 12.9. The fourth-order valence-corrected chi connectivity index (χ4v) is 3.82. The van der Waals surface area contributed by atoms with Gasteiger partial charge in [-0.05, 0) is 38.4 Å². The standard InChI is InChI=1S/C17H25N3O/c1-12-11-19(3)10-9-15(12)20-13(2)18-16(17(20)21)14-7-5-4-6-8-14/h4-8,12-13,15-16,18H,9-11H2,1-3H3. The van der Waals surface area contributed by atoms with Crippen LogP contribution in [-0.2, 0) is 4.79 Å². The van der Waals surface area contributed by atoms with Crippen molar-refractivity contribution in [1.29, 1.82) is 0 Å². The van der Waals surface area contributed by atoms with E-state index in [2.05, 4.69) is 36.0 Å². The van der Waals surface area contributed by atoms with E-state index >= 15 is 0 Å². The smallest absolute Gasteiger partial charge is 0.245 e. The molecule has 114 valence electrons. The predicted octanol–water partition coefficient (Wildman–Crippen LogP) is 1.85. The molecule has 4 nitrogen and oxygen atoms in total. The highest BCUT2D eigenvalue weighted by Crippen LogP contribution is 2.31. The van der Waals surface area contributed by atoms with Crippen LogP contribution in [0.3, 0.4) is 0 Å². The number of benzene rings is 1. The van der Waals surface area contributed by atoms with Crippen LogP contribution in [0, 0.1) is 5.92 Å². The van der Waals surface area contributed by atoms with Gasteiger partial charge in [0.2, 0.25) is 5.91 Å². The summed E-state index contributed by atoms with van der Waals surface area (Å²) in [6, 6.07) is 10.2. The second kappa shape index (κ2) is 5.78. The van der Waals surface area contributed by atoms with Crippen LogP contribution in [0.2, 0.25) is 0 Å². The molecule has 4 unspecified atom stereocenters. The number of carbonyl (C=O) groups is 1. The molecule has 0 radical (unpaired) electrons. The SMILES string of the molecule is CC1CN(C)CCC1N1C(=O)C(c2ccccc2)NC1C. The van der Waals surface area contributed by atoms with Crippen molar-refractivity contribution in [3.63, 3.8) is 0 Å². The fraction of sp³-hybridized carbons (Fsp3) is 0.588. The van der Waals surface area contributed by atoms with Crippen LogP contribution in [0.4, 0.5) is 0 Å². The third-order valence-corrected chi connectivity index (χ3v) is 4.88. The monoisotopic (exact) mass is 287 g/mol. The minimum Gasteiger partial charge on any atom is -0.322 e. The summed E-state index contributed by atoms with van der Waals surface area (Å²) in [5.74, 6) is 0.751. The molecule has 2 heterocycles. The normalized spacial score (nSPS) is 34.4. The number of rotatable bonds is 2. The van der Waals surface area contributed by atoms with Gasteiger partial charge in [-0.15, -0.1) is 0 Å². The molecular weight excluding hydrogens is 262 g/mol. The number of nitrogens with one attached hydrogen (secondary N) is 1. The van der Waals surface area contributed by atoms with E-state index in [0.29, 0.717) is 12.0 Å². The minimum absolute atomic E-state index is 0.110. The molecule has 2 aliphatic rings. The summed E-state index contributed by atoms with van der Waals surface area (Å²) in [7, 11) is 2.16. The Kier molecular flexibility index (Phi) is 4.00. The molecule has 21 heavy (non-hydrogen) atoms. The van der Waals surface area contributed by atoms with Crippen LogP contribution < -0.4 is 5.32 Å². The zero-order chi connectivity index (χ0) is 15.0. The van der Waals surface area contributed by atoms with Crippen molar-refractivity contribution in [3.8, 4) is 0 Å². The Bertz CT molecular complexity index is 504. The van der Waals surface area contributed by atoms with Gasteiger partial charge in [-0.3, -0.25) is 10.1 Å². The van der Waals surface area contributed by atoms with Gasteiger partial charge in [0, 0.05) is 12.6 Å². The zero-order valence-corrected chi connectivity index (χ0v) is 13.1. The average Bonchev–Trinajstić information content (AvgIpc) is 2.76. The first kappa shape index (κ1) is 14.5. The molecule has 0 aliphatic carbocycles. The van der Waals surface area contributed by atoms with E-state index in [4.69, 9.17) is 0 Å². The molecule has 0 spiro atoms. The van der Waals surface area contributed by atoms with E-state index in [1.165, 1.54) is 0 Å². The third kappa shape index (κ3) is 2.70. The van der Waals surface area contributed by atoms with Crippen LogP contribution in [0.15, 0.2) is 30.3 Å². The van der Waals surface area contributed by atoms with E-state index < -0.39 is 0 Å². The lowest BCUT2D eigenvalue weighted by molar-refractivity contribution is -0.134. The number of nitrogens with zero attached hydrogens (tertiary/aromatic N) is 2. The highest BCUT2D eigenvalue weighted by molar-refractivity contribution is 5.86. The number of hydrogen-bond donors (Lipinski definition) is 1. The summed E-state index contributed by atoms with van der Waals surface area (Å²) in [4.78, 5) is 17.3. The molecule has 1 aromatic carbocycles. The van der Waals surface area contributed by atoms with Crippen molar-refractivity contribution in [2.24, 2.45) is 5.92 Å². The number of piperidine rings is 1. The van der Waals surface area contributed by atoms with Gasteiger partial charge in [0.05, 0.1) is 6.17 Å². The molecule has 1 N–H and O–H groups in total.